The van der Waals surface area contributed by atoms with Crippen LogP contribution in [-0.4, -0.2) is 7.11 Å². The van der Waals surface area contributed by atoms with Crippen molar-refractivity contribution >= 4 is 6.08 Å². The minimum atomic E-state index is 0.104. The number of benzene rings is 1. The summed E-state index contributed by atoms with van der Waals surface area (Å²) < 4.78 is 5.60. The van der Waals surface area contributed by atoms with Crippen LogP contribution in [0.15, 0.2) is 18.2 Å². The van der Waals surface area contributed by atoms with E-state index in [9.17, 15) is 0 Å². The average molecular weight is 232 g/mol. The maximum absolute atomic E-state index is 5.60. The molecule has 0 saturated heterocycles. The molecule has 0 heterocycles. The van der Waals surface area contributed by atoms with E-state index < -0.39 is 0 Å². The summed E-state index contributed by atoms with van der Waals surface area (Å²) in [7, 11) is 1.75. The van der Waals surface area contributed by atoms with Crippen molar-refractivity contribution in [3.8, 4) is 5.75 Å². The molecule has 1 rings (SSSR count). The first kappa shape index (κ1) is 13.8. The quantitative estimate of drug-likeness (QED) is 0.740. The van der Waals surface area contributed by atoms with Crippen LogP contribution in [0.2, 0.25) is 0 Å². The van der Waals surface area contributed by atoms with Gasteiger partial charge in [-0.15, -0.1) is 0 Å². The van der Waals surface area contributed by atoms with E-state index in [1.54, 1.807) is 7.11 Å². The number of allylic oxidation sites excluding steroid dienone is 1. The van der Waals surface area contributed by atoms with Gasteiger partial charge in [-0.2, -0.15) is 0 Å². The van der Waals surface area contributed by atoms with Gasteiger partial charge in [0.05, 0.1) is 7.11 Å². The zero-order valence-corrected chi connectivity index (χ0v) is 11.9. The predicted octanol–water partition coefficient (Wildman–Crippen LogP) is 4.59. The zero-order valence-electron chi connectivity index (χ0n) is 11.9. The Labute approximate surface area is 106 Å². The van der Waals surface area contributed by atoms with Crippen LogP contribution in [0.1, 0.15) is 51.3 Å². The normalized spacial score (nSPS) is 12.1. The van der Waals surface area contributed by atoms with Gasteiger partial charge in [0.25, 0.3) is 0 Å². The van der Waals surface area contributed by atoms with Gasteiger partial charge >= 0.3 is 0 Å². The summed E-state index contributed by atoms with van der Waals surface area (Å²) in [5, 5.41) is 0. The van der Waals surface area contributed by atoms with E-state index in [1.165, 1.54) is 16.7 Å². The molecule has 0 saturated carbocycles. The smallest absolute Gasteiger partial charge is 0.129 e. The maximum atomic E-state index is 5.60. The SMILES string of the molecule is CC=Cc1cc(CC)cc(C(C)(C)C)c1OC. The summed E-state index contributed by atoms with van der Waals surface area (Å²) in [6, 6.07) is 4.49. The Balaban J connectivity index is 3.50. The third kappa shape index (κ3) is 3.12. The number of hydrogen-bond donors (Lipinski definition) is 0. The lowest BCUT2D eigenvalue weighted by molar-refractivity contribution is 0.396. The lowest BCUT2D eigenvalue weighted by atomic mass is 9.83. The van der Waals surface area contributed by atoms with Crippen molar-refractivity contribution < 1.29 is 4.74 Å². The molecule has 0 fully saturated rings. The van der Waals surface area contributed by atoms with Crippen LogP contribution in [0, 0.1) is 0 Å². The van der Waals surface area contributed by atoms with E-state index in [-0.39, 0.29) is 5.41 Å². The molecular formula is C16H24O. The van der Waals surface area contributed by atoms with Gasteiger partial charge in [-0.05, 0) is 30.4 Å². The highest BCUT2D eigenvalue weighted by atomic mass is 16.5. The second kappa shape index (κ2) is 5.39. The largest absolute Gasteiger partial charge is 0.496 e. The highest BCUT2D eigenvalue weighted by molar-refractivity contribution is 5.62. The lowest BCUT2D eigenvalue weighted by Crippen LogP contribution is -2.14. The summed E-state index contributed by atoms with van der Waals surface area (Å²) in [5.41, 5.74) is 3.93. The van der Waals surface area contributed by atoms with Crippen molar-refractivity contribution in [3.05, 3.63) is 34.9 Å². The van der Waals surface area contributed by atoms with Gasteiger partial charge in [-0.25, -0.2) is 0 Å². The molecule has 1 aromatic carbocycles. The molecule has 94 valence electrons. The molecule has 0 aliphatic carbocycles. The van der Waals surface area contributed by atoms with Gasteiger partial charge in [-0.3, -0.25) is 0 Å². The van der Waals surface area contributed by atoms with Crippen LogP contribution in [0.5, 0.6) is 5.75 Å². The fraction of sp³-hybridized carbons (Fsp3) is 0.500. The van der Waals surface area contributed by atoms with E-state index in [1.807, 2.05) is 6.92 Å². The molecule has 0 bridgehead atoms. The summed E-state index contributed by atoms with van der Waals surface area (Å²) in [6.07, 6.45) is 5.23. The Bertz CT molecular complexity index is 408. The van der Waals surface area contributed by atoms with Crippen LogP contribution < -0.4 is 4.74 Å². The minimum Gasteiger partial charge on any atom is -0.496 e. The summed E-state index contributed by atoms with van der Waals surface area (Å²) in [4.78, 5) is 0. The molecule has 0 amide bonds. The molecule has 0 aliphatic heterocycles. The zero-order chi connectivity index (χ0) is 13.1. The Hall–Kier alpha value is -1.24. The maximum Gasteiger partial charge on any atom is 0.129 e. The van der Waals surface area contributed by atoms with Crippen LogP contribution in [-0.2, 0) is 11.8 Å². The molecule has 0 aromatic heterocycles. The Morgan fingerprint density at radius 2 is 1.88 bits per heavy atom. The third-order valence-electron chi connectivity index (χ3n) is 2.94. The molecule has 0 aliphatic rings. The highest BCUT2D eigenvalue weighted by Crippen LogP contribution is 2.36. The van der Waals surface area contributed by atoms with Crippen molar-refractivity contribution in [2.45, 2.75) is 46.5 Å². The molecule has 1 nitrogen and oxygen atoms in total. The van der Waals surface area contributed by atoms with Crippen molar-refractivity contribution in [1.29, 1.82) is 0 Å². The second-order valence-electron chi connectivity index (χ2n) is 5.37. The van der Waals surface area contributed by atoms with E-state index >= 15 is 0 Å². The number of aryl methyl sites for hydroxylation is 1. The Morgan fingerprint density at radius 3 is 2.29 bits per heavy atom. The first-order chi connectivity index (χ1) is 7.93. The van der Waals surface area contributed by atoms with E-state index in [4.69, 9.17) is 4.74 Å². The average Bonchev–Trinajstić information content (AvgIpc) is 2.27. The van der Waals surface area contributed by atoms with Gasteiger partial charge in [0, 0.05) is 11.1 Å². The van der Waals surface area contributed by atoms with Gasteiger partial charge in [-0.1, -0.05) is 45.9 Å². The summed E-state index contributed by atoms with van der Waals surface area (Å²) >= 11 is 0. The monoisotopic (exact) mass is 232 g/mol. The highest BCUT2D eigenvalue weighted by Gasteiger charge is 2.21. The molecule has 1 heteroatoms. The fourth-order valence-corrected chi connectivity index (χ4v) is 2.01. The standard InChI is InChI=1S/C16H24O/c1-7-9-13-10-12(8-2)11-14(15(13)17-6)16(3,4)5/h7,9-11H,8H2,1-6H3. The van der Waals surface area contributed by atoms with Crippen LogP contribution >= 0.6 is 0 Å². The molecule has 0 N–H and O–H groups in total. The first-order valence-corrected chi connectivity index (χ1v) is 6.28. The minimum absolute atomic E-state index is 0.104. The lowest BCUT2D eigenvalue weighted by Gasteiger charge is -2.24. The molecule has 0 unspecified atom stereocenters. The molecule has 0 atom stereocenters. The Morgan fingerprint density at radius 1 is 1.24 bits per heavy atom. The predicted molar refractivity (Wildman–Crippen MR) is 75.8 cm³/mol. The van der Waals surface area contributed by atoms with Crippen molar-refractivity contribution in [2.24, 2.45) is 0 Å². The number of methoxy groups -OCH3 is 1. The van der Waals surface area contributed by atoms with Gasteiger partial charge in [0.15, 0.2) is 0 Å². The van der Waals surface area contributed by atoms with E-state index in [2.05, 4.69) is 52.0 Å². The molecule has 0 radical (unpaired) electrons. The van der Waals surface area contributed by atoms with Crippen molar-refractivity contribution in [1.82, 2.24) is 0 Å². The number of hydrogen-bond acceptors (Lipinski definition) is 1. The first-order valence-electron chi connectivity index (χ1n) is 6.28. The van der Waals surface area contributed by atoms with Crippen LogP contribution in [0.4, 0.5) is 0 Å². The van der Waals surface area contributed by atoms with Crippen molar-refractivity contribution in [2.75, 3.05) is 7.11 Å². The summed E-state index contributed by atoms with van der Waals surface area (Å²) in [6.45, 7) is 10.9. The topological polar surface area (TPSA) is 9.23 Å². The van der Waals surface area contributed by atoms with Gasteiger partial charge in [0.2, 0.25) is 0 Å². The van der Waals surface area contributed by atoms with E-state index in [0.717, 1.165) is 12.2 Å². The number of ether oxygens (including phenoxy) is 1. The van der Waals surface area contributed by atoms with E-state index in [0.29, 0.717) is 0 Å². The fourth-order valence-electron chi connectivity index (χ4n) is 2.01. The van der Waals surface area contributed by atoms with Gasteiger partial charge in [0.1, 0.15) is 5.75 Å². The van der Waals surface area contributed by atoms with Crippen LogP contribution in [0.25, 0.3) is 6.08 Å². The molecule has 0 spiro atoms. The van der Waals surface area contributed by atoms with Crippen LogP contribution in [0.3, 0.4) is 0 Å². The third-order valence-corrected chi connectivity index (χ3v) is 2.94. The second-order valence-corrected chi connectivity index (χ2v) is 5.37. The molecule has 17 heavy (non-hydrogen) atoms. The Kier molecular flexibility index (Phi) is 4.39. The van der Waals surface area contributed by atoms with Gasteiger partial charge < -0.3 is 4.74 Å². The van der Waals surface area contributed by atoms with Crippen molar-refractivity contribution in [3.63, 3.8) is 0 Å². The summed E-state index contributed by atoms with van der Waals surface area (Å²) in [5.74, 6) is 1.01. The number of rotatable bonds is 3. The molecular weight excluding hydrogens is 208 g/mol. The molecule has 1 aromatic rings.